The van der Waals surface area contributed by atoms with E-state index in [4.69, 9.17) is 4.74 Å². The van der Waals surface area contributed by atoms with Gasteiger partial charge >= 0.3 is 0 Å². The van der Waals surface area contributed by atoms with Gasteiger partial charge in [0, 0.05) is 37.0 Å². The first-order valence-corrected chi connectivity index (χ1v) is 8.71. The van der Waals surface area contributed by atoms with Gasteiger partial charge in [-0.2, -0.15) is 0 Å². The summed E-state index contributed by atoms with van der Waals surface area (Å²) in [4.78, 5) is 20.3. The van der Waals surface area contributed by atoms with Crippen molar-refractivity contribution < 1.29 is 9.53 Å². The Morgan fingerprint density at radius 1 is 1.16 bits per heavy atom. The van der Waals surface area contributed by atoms with Gasteiger partial charge in [0.1, 0.15) is 5.75 Å². The van der Waals surface area contributed by atoms with Crippen LogP contribution in [-0.2, 0) is 11.3 Å². The predicted molar refractivity (Wildman–Crippen MR) is 96.9 cm³/mol. The molecule has 0 aliphatic carbocycles. The minimum absolute atomic E-state index is 0.0360. The van der Waals surface area contributed by atoms with Crippen LogP contribution < -0.4 is 10.1 Å². The fourth-order valence-corrected chi connectivity index (χ4v) is 3.02. The lowest BCUT2D eigenvalue weighted by Crippen LogP contribution is -2.24. The number of carbonyl (C=O) groups is 1. The van der Waals surface area contributed by atoms with Gasteiger partial charge in [0.05, 0.1) is 12.9 Å². The van der Waals surface area contributed by atoms with Crippen LogP contribution in [0.4, 0.5) is 0 Å². The van der Waals surface area contributed by atoms with E-state index in [2.05, 4.69) is 15.3 Å². The number of ether oxygens (including phenoxy) is 1. The molecule has 0 aliphatic rings. The SMILES string of the molecule is COc1ccc(-n2ccnc2SCC(=O)NCc2ccncc2)cc1. The molecule has 2 heterocycles. The maximum atomic E-state index is 12.0. The van der Waals surface area contributed by atoms with Crippen LogP contribution in [0.15, 0.2) is 66.3 Å². The first-order chi connectivity index (χ1) is 12.3. The number of nitrogens with one attached hydrogen (secondary N) is 1. The zero-order valence-corrected chi connectivity index (χ0v) is 14.6. The summed E-state index contributed by atoms with van der Waals surface area (Å²) in [7, 11) is 1.64. The highest BCUT2D eigenvalue weighted by Gasteiger charge is 2.09. The number of hydrogen-bond acceptors (Lipinski definition) is 5. The van der Waals surface area contributed by atoms with Gasteiger partial charge < -0.3 is 10.1 Å². The number of amides is 1. The first kappa shape index (κ1) is 17.0. The van der Waals surface area contributed by atoms with Crippen molar-refractivity contribution in [3.8, 4) is 11.4 Å². The third kappa shape index (κ3) is 4.60. The Morgan fingerprint density at radius 3 is 2.64 bits per heavy atom. The Hall–Kier alpha value is -2.80. The number of aromatic nitrogens is 3. The molecule has 0 saturated heterocycles. The zero-order chi connectivity index (χ0) is 17.5. The summed E-state index contributed by atoms with van der Waals surface area (Å²) in [6, 6.07) is 11.5. The molecule has 0 fully saturated rings. The number of pyridine rings is 1. The molecule has 7 heteroatoms. The second kappa shape index (κ2) is 8.34. The quantitative estimate of drug-likeness (QED) is 0.661. The van der Waals surface area contributed by atoms with Crippen LogP contribution in [0.1, 0.15) is 5.56 Å². The van der Waals surface area contributed by atoms with Gasteiger partial charge in [-0.05, 0) is 42.0 Å². The van der Waals surface area contributed by atoms with Crippen molar-refractivity contribution in [1.29, 1.82) is 0 Å². The number of benzene rings is 1. The number of nitrogens with zero attached hydrogens (tertiary/aromatic N) is 3. The molecule has 3 rings (SSSR count). The van der Waals surface area contributed by atoms with Gasteiger partial charge in [-0.3, -0.25) is 14.3 Å². The zero-order valence-electron chi connectivity index (χ0n) is 13.8. The van der Waals surface area contributed by atoms with E-state index in [1.54, 1.807) is 25.7 Å². The highest BCUT2D eigenvalue weighted by atomic mass is 32.2. The third-order valence-electron chi connectivity index (χ3n) is 3.53. The molecule has 1 N–H and O–H groups in total. The van der Waals surface area contributed by atoms with Gasteiger partial charge in [-0.15, -0.1) is 0 Å². The van der Waals surface area contributed by atoms with Crippen molar-refractivity contribution in [3.63, 3.8) is 0 Å². The van der Waals surface area contributed by atoms with Crippen molar-refractivity contribution in [2.24, 2.45) is 0 Å². The second-order valence-electron chi connectivity index (χ2n) is 5.20. The Morgan fingerprint density at radius 2 is 1.92 bits per heavy atom. The van der Waals surface area contributed by atoms with E-state index in [9.17, 15) is 4.79 Å². The summed E-state index contributed by atoms with van der Waals surface area (Å²) in [5.41, 5.74) is 1.99. The van der Waals surface area contributed by atoms with Gasteiger partial charge in [-0.1, -0.05) is 11.8 Å². The highest BCUT2D eigenvalue weighted by molar-refractivity contribution is 7.99. The summed E-state index contributed by atoms with van der Waals surface area (Å²) in [6.07, 6.45) is 7.02. The van der Waals surface area contributed by atoms with E-state index in [0.29, 0.717) is 12.3 Å². The molecule has 2 aromatic heterocycles. The summed E-state index contributed by atoms with van der Waals surface area (Å²) < 4.78 is 7.12. The molecule has 0 radical (unpaired) electrons. The Bertz CT molecular complexity index is 819. The number of methoxy groups -OCH3 is 1. The molecule has 25 heavy (non-hydrogen) atoms. The van der Waals surface area contributed by atoms with Crippen LogP contribution in [0.5, 0.6) is 5.75 Å². The smallest absolute Gasteiger partial charge is 0.230 e. The van der Waals surface area contributed by atoms with E-state index in [1.165, 1.54) is 11.8 Å². The topological polar surface area (TPSA) is 69.0 Å². The van der Waals surface area contributed by atoms with Gasteiger partial charge in [0.2, 0.25) is 5.91 Å². The number of carbonyl (C=O) groups excluding carboxylic acids is 1. The Balaban J connectivity index is 1.56. The van der Waals surface area contributed by atoms with Crippen LogP contribution in [-0.4, -0.2) is 33.3 Å². The van der Waals surface area contributed by atoms with Crippen molar-refractivity contribution in [2.45, 2.75) is 11.7 Å². The molecular weight excluding hydrogens is 336 g/mol. The number of imidazole rings is 1. The van der Waals surface area contributed by atoms with Crippen molar-refractivity contribution in [1.82, 2.24) is 19.9 Å². The monoisotopic (exact) mass is 354 g/mol. The fourth-order valence-electron chi connectivity index (χ4n) is 2.22. The lowest BCUT2D eigenvalue weighted by Gasteiger charge is -2.09. The molecule has 0 aliphatic heterocycles. The molecule has 1 amide bonds. The minimum Gasteiger partial charge on any atom is -0.497 e. The standard InChI is InChI=1S/C18H18N4O2S/c1-24-16-4-2-15(3-5-16)22-11-10-20-18(22)25-13-17(23)21-12-14-6-8-19-9-7-14/h2-11H,12-13H2,1H3,(H,21,23). The van der Waals surface area contributed by atoms with Crippen LogP contribution in [0, 0.1) is 0 Å². The average Bonchev–Trinajstić information content (AvgIpc) is 3.14. The summed E-state index contributed by atoms with van der Waals surface area (Å²) in [5.74, 6) is 1.07. The Kier molecular flexibility index (Phi) is 5.69. The van der Waals surface area contributed by atoms with Gasteiger partial charge in [0.25, 0.3) is 0 Å². The fraction of sp³-hybridized carbons (Fsp3) is 0.167. The summed E-state index contributed by atoms with van der Waals surface area (Å²) >= 11 is 1.40. The van der Waals surface area contributed by atoms with Crippen LogP contribution in [0.3, 0.4) is 0 Å². The molecule has 0 atom stereocenters. The van der Waals surface area contributed by atoms with E-state index >= 15 is 0 Å². The number of thioether (sulfide) groups is 1. The van der Waals surface area contributed by atoms with E-state index < -0.39 is 0 Å². The van der Waals surface area contributed by atoms with Crippen molar-refractivity contribution in [2.75, 3.05) is 12.9 Å². The molecule has 1 aromatic carbocycles. The predicted octanol–water partition coefficient (Wildman–Crippen LogP) is 2.68. The molecule has 128 valence electrons. The third-order valence-corrected chi connectivity index (χ3v) is 4.50. The molecule has 0 bridgehead atoms. The van der Waals surface area contributed by atoms with Crippen LogP contribution in [0.2, 0.25) is 0 Å². The van der Waals surface area contributed by atoms with Gasteiger partial charge in [0.15, 0.2) is 5.16 Å². The number of rotatable bonds is 7. The molecule has 0 saturated carbocycles. The Labute approximate surface area is 150 Å². The van der Waals surface area contributed by atoms with E-state index in [-0.39, 0.29) is 5.91 Å². The average molecular weight is 354 g/mol. The van der Waals surface area contributed by atoms with Crippen LogP contribution in [0.25, 0.3) is 5.69 Å². The van der Waals surface area contributed by atoms with E-state index in [0.717, 1.165) is 22.2 Å². The van der Waals surface area contributed by atoms with Crippen molar-refractivity contribution >= 4 is 17.7 Å². The summed E-state index contributed by atoms with van der Waals surface area (Å²) in [5, 5.41) is 3.66. The molecule has 0 spiro atoms. The van der Waals surface area contributed by atoms with Crippen LogP contribution >= 0.6 is 11.8 Å². The molecular formula is C18H18N4O2S. The van der Waals surface area contributed by atoms with Gasteiger partial charge in [-0.25, -0.2) is 4.98 Å². The maximum Gasteiger partial charge on any atom is 0.230 e. The first-order valence-electron chi connectivity index (χ1n) is 7.72. The molecule has 3 aromatic rings. The highest BCUT2D eigenvalue weighted by Crippen LogP contribution is 2.22. The largest absolute Gasteiger partial charge is 0.497 e. The lowest BCUT2D eigenvalue weighted by molar-refractivity contribution is -0.118. The minimum atomic E-state index is -0.0360. The second-order valence-corrected chi connectivity index (χ2v) is 6.14. The molecule has 6 nitrogen and oxygen atoms in total. The van der Waals surface area contributed by atoms with E-state index in [1.807, 2.05) is 47.2 Å². The normalized spacial score (nSPS) is 10.4. The lowest BCUT2D eigenvalue weighted by atomic mass is 10.3. The van der Waals surface area contributed by atoms with Crippen molar-refractivity contribution in [3.05, 3.63) is 66.7 Å². The maximum absolute atomic E-state index is 12.0. The molecule has 0 unspecified atom stereocenters. The summed E-state index contributed by atoms with van der Waals surface area (Å²) in [6.45, 7) is 0.495. The number of hydrogen-bond donors (Lipinski definition) is 1.